The summed E-state index contributed by atoms with van der Waals surface area (Å²) in [5.74, 6) is -0.883. The zero-order chi connectivity index (χ0) is 45.8. The molecule has 0 aliphatic heterocycles. The standard InChI is InChI=1S/C57H104O6/c1-4-7-10-13-16-19-22-25-28-30-32-35-38-41-44-47-50-56(59)62-53-54(52-61-55(58)49-46-43-40-37-34-31-27-24-21-18-15-12-9-6-3)63-57(60)51-48-45-42-39-36-33-29-26-23-20-17-14-11-8-5-2/h17,20,23,26,28,30,54H,4-16,18-19,21-22,24-25,27,29,31-53H2,1-3H3/b20-17-,26-23-,30-28-. The minimum absolute atomic E-state index is 0.0763. The molecule has 0 fully saturated rings. The van der Waals surface area contributed by atoms with Crippen LogP contribution in [0.4, 0.5) is 0 Å². The number of unbranched alkanes of at least 4 members (excludes halogenated alkanes) is 34. The van der Waals surface area contributed by atoms with E-state index in [-0.39, 0.29) is 31.1 Å². The Bertz CT molecular complexity index is 1060. The Balaban J connectivity index is 4.38. The summed E-state index contributed by atoms with van der Waals surface area (Å²) in [4.78, 5) is 38.0. The normalized spacial score (nSPS) is 12.2. The molecule has 0 saturated heterocycles. The number of ether oxygens (including phenoxy) is 3. The van der Waals surface area contributed by atoms with E-state index in [1.807, 2.05) is 0 Å². The molecule has 6 nitrogen and oxygen atoms in total. The number of hydrogen-bond acceptors (Lipinski definition) is 6. The molecule has 368 valence electrons. The van der Waals surface area contributed by atoms with E-state index in [0.717, 1.165) is 70.6 Å². The number of rotatable bonds is 50. The minimum atomic E-state index is -0.778. The molecule has 0 saturated carbocycles. The molecule has 6 heteroatoms. The van der Waals surface area contributed by atoms with Crippen LogP contribution in [0.15, 0.2) is 36.5 Å². The van der Waals surface area contributed by atoms with Crippen molar-refractivity contribution in [3.63, 3.8) is 0 Å². The Hall–Kier alpha value is -2.37. The van der Waals surface area contributed by atoms with Gasteiger partial charge in [0.2, 0.25) is 0 Å². The molecule has 0 aromatic rings. The van der Waals surface area contributed by atoms with E-state index in [4.69, 9.17) is 14.2 Å². The SMILES string of the molecule is CCCCC/C=C\C=C/CCCCCCCCC(=O)OC(COC(=O)CCCCCCC/C=C\CCCCCCCCC)COC(=O)CCCCCCCCCCCCCCCC. The molecule has 0 rings (SSSR count). The van der Waals surface area contributed by atoms with Gasteiger partial charge in [0.25, 0.3) is 0 Å². The molecule has 0 aliphatic carbocycles. The number of allylic oxidation sites excluding steroid dienone is 6. The number of hydrogen-bond donors (Lipinski definition) is 0. The van der Waals surface area contributed by atoms with Gasteiger partial charge in [-0.2, -0.15) is 0 Å². The lowest BCUT2D eigenvalue weighted by Gasteiger charge is -2.18. The fourth-order valence-corrected chi connectivity index (χ4v) is 7.96. The van der Waals surface area contributed by atoms with Crippen LogP contribution in [0.3, 0.4) is 0 Å². The maximum Gasteiger partial charge on any atom is 0.306 e. The van der Waals surface area contributed by atoms with Crippen LogP contribution in [0.1, 0.15) is 290 Å². The second-order valence-corrected chi connectivity index (χ2v) is 18.5. The Labute approximate surface area is 391 Å². The Kier molecular flexibility index (Phi) is 50.3. The zero-order valence-corrected chi connectivity index (χ0v) is 42.1. The van der Waals surface area contributed by atoms with Crippen LogP contribution in [-0.4, -0.2) is 37.2 Å². The maximum absolute atomic E-state index is 12.8. The Morgan fingerprint density at radius 2 is 0.571 bits per heavy atom. The molecule has 0 N–H and O–H groups in total. The van der Waals surface area contributed by atoms with Crippen LogP contribution >= 0.6 is 0 Å². The minimum Gasteiger partial charge on any atom is -0.462 e. The van der Waals surface area contributed by atoms with Gasteiger partial charge < -0.3 is 14.2 Å². The van der Waals surface area contributed by atoms with Crippen LogP contribution in [0.2, 0.25) is 0 Å². The van der Waals surface area contributed by atoms with Crippen LogP contribution in [0.25, 0.3) is 0 Å². The quantitative estimate of drug-likeness (QED) is 0.0199. The average molecular weight is 885 g/mol. The van der Waals surface area contributed by atoms with Gasteiger partial charge in [0.1, 0.15) is 13.2 Å². The van der Waals surface area contributed by atoms with Gasteiger partial charge in [-0.05, 0) is 70.6 Å². The largest absolute Gasteiger partial charge is 0.462 e. The van der Waals surface area contributed by atoms with E-state index in [9.17, 15) is 14.4 Å². The first-order chi connectivity index (χ1) is 31.0. The lowest BCUT2D eigenvalue weighted by molar-refractivity contribution is -0.167. The van der Waals surface area contributed by atoms with Gasteiger partial charge in [-0.25, -0.2) is 0 Å². The molecule has 0 amide bonds. The lowest BCUT2D eigenvalue weighted by atomic mass is 10.0. The van der Waals surface area contributed by atoms with E-state index in [1.165, 1.54) is 180 Å². The van der Waals surface area contributed by atoms with Crippen molar-refractivity contribution in [3.05, 3.63) is 36.5 Å². The highest BCUT2D eigenvalue weighted by molar-refractivity contribution is 5.71. The van der Waals surface area contributed by atoms with Crippen molar-refractivity contribution in [3.8, 4) is 0 Å². The molecule has 1 unspecified atom stereocenters. The van der Waals surface area contributed by atoms with Gasteiger partial charge in [-0.15, -0.1) is 0 Å². The van der Waals surface area contributed by atoms with Crippen molar-refractivity contribution in [2.45, 2.75) is 297 Å². The van der Waals surface area contributed by atoms with E-state index >= 15 is 0 Å². The number of esters is 3. The summed E-state index contributed by atoms with van der Waals surface area (Å²) in [5, 5.41) is 0. The van der Waals surface area contributed by atoms with Gasteiger partial charge in [-0.3, -0.25) is 14.4 Å². The molecule has 63 heavy (non-hydrogen) atoms. The molecule has 1 atom stereocenters. The average Bonchev–Trinajstić information content (AvgIpc) is 3.28. The fourth-order valence-electron chi connectivity index (χ4n) is 7.96. The monoisotopic (exact) mass is 885 g/mol. The van der Waals surface area contributed by atoms with Gasteiger partial charge in [0, 0.05) is 19.3 Å². The number of carbonyl (C=O) groups is 3. The molecule has 0 aliphatic rings. The first-order valence-corrected chi connectivity index (χ1v) is 27.5. The van der Waals surface area contributed by atoms with Crippen LogP contribution in [0.5, 0.6) is 0 Å². The molecule has 0 aromatic heterocycles. The van der Waals surface area contributed by atoms with Gasteiger partial charge in [0.15, 0.2) is 6.10 Å². The highest BCUT2D eigenvalue weighted by Crippen LogP contribution is 2.16. The van der Waals surface area contributed by atoms with Crippen molar-refractivity contribution < 1.29 is 28.6 Å². The van der Waals surface area contributed by atoms with Crippen molar-refractivity contribution in [1.82, 2.24) is 0 Å². The molecule has 0 heterocycles. The molecule has 0 spiro atoms. The van der Waals surface area contributed by atoms with Crippen molar-refractivity contribution in [2.24, 2.45) is 0 Å². The second kappa shape index (κ2) is 52.3. The maximum atomic E-state index is 12.8. The van der Waals surface area contributed by atoms with E-state index in [1.54, 1.807) is 0 Å². The van der Waals surface area contributed by atoms with E-state index in [2.05, 4.69) is 57.2 Å². The van der Waals surface area contributed by atoms with Crippen molar-refractivity contribution >= 4 is 17.9 Å². The third kappa shape index (κ3) is 50.5. The zero-order valence-electron chi connectivity index (χ0n) is 42.1. The summed E-state index contributed by atoms with van der Waals surface area (Å²) in [6.07, 6.45) is 61.2. The summed E-state index contributed by atoms with van der Waals surface area (Å²) >= 11 is 0. The molecular weight excluding hydrogens is 781 g/mol. The third-order valence-electron chi connectivity index (χ3n) is 12.1. The second-order valence-electron chi connectivity index (χ2n) is 18.5. The molecule has 0 aromatic carbocycles. The van der Waals surface area contributed by atoms with Crippen LogP contribution in [0, 0.1) is 0 Å². The highest BCUT2D eigenvalue weighted by Gasteiger charge is 2.19. The Morgan fingerprint density at radius 3 is 0.921 bits per heavy atom. The smallest absolute Gasteiger partial charge is 0.306 e. The van der Waals surface area contributed by atoms with Gasteiger partial charge in [-0.1, -0.05) is 237 Å². The van der Waals surface area contributed by atoms with E-state index < -0.39 is 6.10 Å². The summed E-state index contributed by atoms with van der Waals surface area (Å²) in [6, 6.07) is 0. The first-order valence-electron chi connectivity index (χ1n) is 27.5. The predicted molar refractivity (Wildman–Crippen MR) is 270 cm³/mol. The third-order valence-corrected chi connectivity index (χ3v) is 12.1. The predicted octanol–water partition coefficient (Wildman–Crippen LogP) is 18.1. The van der Waals surface area contributed by atoms with Crippen molar-refractivity contribution in [1.29, 1.82) is 0 Å². The Morgan fingerprint density at radius 1 is 0.317 bits per heavy atom. The van der Waals surface area contributed by atoms with Gasteiger partial charge >= 0.3 is 17.9 Å². The van der Waals surface area contributed by atoms with Crippen LogP contribution < -0.4 is 0 Å². The van der Waals surface area contributed by atoms with Gasteiger partial charge in [0.05, 0.1) is 0 Å². The van der Waals surface area contributed by atoms with Crippen LogP contribution in [-0.2, 0) is 28.6 Å². The first kappa shape index (κ1) is 60.6. The molecular formula is C57H104O6. The summed E-state index contributed by atoms with van der Waals surface area (Å²) in [6.45, 7) is 6.62. The summed E-state index contributed by atoms with van der Waals surface area (Å²) in [5.41, 5.74) is 0. The number of carbonyl (C=O) groups excluding carboxylic acids is 3. The lowest BCUT2D eigenvalue weighted by Crippen LogP contribution is -2.30. The fraction of sp³-hybridized carbons (Fsp3) is 0.842. The summed E-state index contributed by atoms with van der Waals surface area (Å²) in [7, 11) is 0. The molecule has 0 radical (unpaired) electrons. The van der Waals surface area contributed by atoms with Crippen molar-refractivity contribution in [2.75, 3.05) is 13.2 Å². The molecule has 0 bridgehead atoms. The van der Waals surface area contributed by atoms with E-state index in [0.29, 0.717) is 19.3 Å². The summed E-state index contributed by atoms with van der Waals surface area (Å²) < 4.78 is 16.8. The topological polar surface area (TPSA) is 78.9 Å². The highest BCUT2D eigenvalue weighted by atomic mass is 16.6.